The SMILES string of the molecule is Cc1nn([C@H]2CCS(=O)(=O)C2)c(C)c1/C=C(\C#N)C(=O)Nc1ccccc1Cl. The van der Waals surface area contributed by atoms with Crippen LogP contribution in [0.4, 0.5) is 5.69 Å². The second-order valence-electron chi connectivity index (χ2n) is 6.69. The largest absolute Gasteiger partial charge is 0.320 e. The fraction of sp³-hybridized carbons (Fsp3) is 0.316. The van der Waals surface area contributed by atoms with Crippen molar-refractivity contribution in [2.45, 2.75) is 26.3 Å². The number of halogens is 1. The van der Waals surface area contributed by atoms with E-state index in [1.54, 1.807) is 42.8 Å². The number of nitriles is 1. The van der Waals surface area contributed by atoms with Crippen LogP contribution in [0.3, 0.4) is 0 Å². The smallest absolute Gasteiger partial charge is 0.266 e. The fourth-order valence-electron chi connectivity index (χ4n) is 3.25. The second-order valence-corrected chi connectivity index (χ2v) is 9.33. The first-order valence-corrected chi connectivity index (χ1v) is 10.9. The van der Waals surface area contributed by atoms with Crippen LogP contribution in [0.5, 0.6) is 0 Å². The number of rotatable bonds is 4. The summed E-state index contributed by atoms with van der Waals surface area (Å²) in [5.41, 5.74) is 2.30. The van der Waals surface area contributed by atoms with Gasteiger partial charge in [0, 0.05) is 11.3 Å². The van der Waals surface area contributed by atoms with E-state index in [0.29, 0.717) is 28.4 Å². The molecule has 28 heavy (non-hydrogen) atoms. The molecule has 1 N–H and O–H groups in total. The summed E-state index contributed by atoms with van der Waals surface area (Å²) < 4.78 is 25.2. The van der Waals surface area contributed by atoms with Gasteiger partial charge in [0.2, 0.25) is 0 Å². The number of nitrogens with one attached hydrogen (secondary N) is 1. The van der Waals surface area contributed by atoms with Crippen molar-refractivity contribution in [1.82, 2.24) is 9.78 Å². The predicted octanol–water partition coefficient (Wildman–Crippen LogP) is 3.06. The van der Waals surface area contributed by atoms with Gasteiger partial charge in [-0.1, -0.05) is 23.7 Å². The van der Waals surface area contributed by atoms with E-state index in [2.05, 4.69) is 10.4 Å². The zero-order valence-corrected chi connectivity index (χ0v) is 17.0. The number of hydrogen-bond acceptors (Lipinski definition) is 5. The minimum Gasteiger partial charge on any atom is -0.320 e. The third-order valence-electron chi connectivity index (χ3n) is 4.71. The summed E-state index contributed by atoms with van der Waals surface area (Å²) in [5.74, 6) is -0.383. The molecule has 2 heterocycles. The van der Waals surface area contributed by atoms with Crippen LogP contribution >= 0.6 is 11.6 Å². The van der Waals surface area contributed by atoms with Crippen LogP contribution in [0.25, 0.3) is 6.08 Å². The Balaban J connectivity index is 1.90. The first kappa shape index (κ1) is 20.1. The van der Waals surface area contributed by atoms with Crippen molar-refractivity contribution in [1.29, 1.82) is 5.26 Å². The summed E-state index contributed by atoms with van der Waals surface area (Å²) >= 11 is 6.05. The number of carbonyl (C=O) groups is 1. The normalized spacial score (nSPS) is 18.6. The first-order chi connectivity index (χ1) is 13.2. The highest BCUT2D eigenvalue weighted by Crippen LogP contribution is 2.28. The van der Waals surface area contributed by atoms with Crippen molar-refractivity contribution in [3.8, 4) is 6.07 Å². The van der Waals surface area contributed by atoms with Crippen LogP contribution in [-0.2, 0) is 14.6 Å². The molecule has 2 aromatic rings. The summed E-state index contributed by atoms with van der Waals surface area (Å²) in [6.45, 7) is 3.57. The topological polar surface area (TPSA) is 105 Å². The molecule has 0 spiro atoms. The van der Waals surface area contributed by atoms with E-state index in [4.69, 9.17) is 11.6 Å². The number of anilines is 1. The van der Waals surface area contributed by atoms with Crippen LogP contribution in [0.15, 0.2) is 29.8 Å². The molecular formula is C19H19ClN4O3S. The molecule has 9 heteroatoms. The number of amides is 1. The number of aryl methyl sites for hydroxylation is 1. The number of aromatic nitrogens is 2. The molecule has 0 saturated carbocycles. The molecule has 0 aliphatic carbocycles. The van der Waals surface area contributed by atoms with Gasteiger partial charge in [-0.15, -0.1) is 0 Å². The summed E-state index contributed by atoms with van der Waals surface area (Å²) in [4.78, 5) is 12.5. The lowest BCUT2D eigenvalue weighted by atomic mass is 10.1. The number of carbonyl (C=O) groups excluding carboxylic acids is 1. The second kappa shape index (κ2) is 7.78. The van der Waals surface area contributed by atoms with Gasteiger partial charge in [0.1, 0.15) is 11.6 Å². The van der Waals surface area contributed by atoms with Crippen molar-refractivity contribution < 1.29 is 13.2 Å². The molecule has 1 fully saturated rings. The highest BCUT2D eigenvalue weighted by atomic mass is 35.5. The standard InChI is InChI=1S/C19H19ClN4O3S/c1-12-16(13(2)24(23-12)15-7-8-28(26,27)11-15)9-14(10-21)19(25)22-18-6-4-3-5-17(18)20/h3-6,9,15H,7-8,11H2,1-2H3,(H,22,25)/b14-9+/t15-/m0/s1. The quantitative estimate of drug-likeness (QED) is 0.606. The number of benzene rings is 1. The highest BCUT2D eigenvalue weighted by molar-refractivity contribution is 7.91. The van der Waals surface area contributed by atoms with Crippen LogP contribution in [-0.4, -0.2) is 35.6 Å². The van der Waals surface area contributed by atoms with Crippen molar-refractivity contribution in [2.24, 2.45) is 0 Å². The number of nitrogens with zero attached hydrogens (tertiary/aromatic N) is 3. The third-order valence-corrected chi connectivity index (χ3v) is 6.79. The molecule has 1 saturated heterocycles. The van der Waals surface area contributed by atoms with E-state index in [-0.39, 0.29) is 23.1 Å². The minimum absolute atomic E-state index is 0.0518. The predicted molar refractivity (Wildman–Crippen MR) is 108 cm³/mol. The van der Waals surface area contributed by atoms with E-state index < -0.39 is 15.7 Å². The number of sulfone groups is 1. The van der Waals surface area contributed by atoms with Gasteiger partial charge in [0.15, 0.2) is 9.84 Å². The third kappa shape index (κ3) is 4.11. The molecule has 146 valence electrons. The number of hydrogen-bond donors (Lipinski definition) is 1. The molecule has 1 aromatic carbocycles. The maximum absolute atomic E-state index is 12.5. The van der Waals surface area contributed by atoms with E-state index in [1.165, 1.54) is 6.08 Å². The highest BCUT2D eigenvalue weighted by Gasteiger charge is 2.31. The summed E-state index contributed by atoms with van der Waals surface area (Å²) in [5, 5.41) is 16.9. The minimum atomic E-state index is -3.05. The van der Waals surface area contributed by atoms with Gasteiger partial charge in [-0.3, -0.25) is 9.48 Å². The molecular weight excluding hydrogens is 400 g/mol. The van der Waals surface area contributed by atoms with Crippen molar-refractivity contribution in [2.75, 3.05) is 16.8 Å². The lowest BCUT2D eigenvalue weighted by molar-refractivity contribution is -0.112. The van der Waals surface area contributed by atoms with Crippen LogP contribution in [0.2, 0.25) is 5.02 Å². The van der Waals surface area contributed by atoms with Crippen molar-refractivity contribution >= 4 is 39.1 Å². The Hall–Kier alpha value is -2.63. The Bertz CT molecular complexity index is 1110. The molecule has 1 aromatic heterocycles. The van der Waals surface area contributed by atoms with E-state index in [0.717, 1.165) is 5.69 Å². The number of para-hydroxylation sites is 1. The van der Waals surface area contributed by atoms with E-state index in [9.17, 15) is 18.5 Å². The maximum Gasteiger partial charge on any atom is 0.266 e. The summed E-state index contributed by atoms with van der Waals surface area (Å²) in [6, 6.07) is 8.43. The molecule has 3 rings (SSSR count). The van der Waals surface area contributed by atoms with E-state index >= 15 is 0 Å². The molecule has 0 bridgehead atoms. The zero-order chi connectivity index (χ0) is 20.5. The van der Waals surface area contributed by atoms with Crippen molar-refractivity contribution in [3.63, 3.8) is 0 Å². The first-order valence-electron chi connectivity index (χ1n) is 8.65. The molecule has 0 radical (unpaired) electrons. The van der Waals surface area contributed by atoms with Gasteiger partial charge < -0.3 is 5.32 Å². The molecule has 1 aliphatic heterocycles. The molecule has 7 nitrogen and oxygen atoms in total. The zero-order valence-electron chi connectivity index (χ0n) is 15.4. The maximum atomic E-state index is 12.5. The Morgan fingerprint density at radius 3 is 2.71 bits per heavy atom. The molecule has 1 aliphatic rings. The van der Waals surface area contributed by atoms with Crippen LogP contribution in [0, 0.1) is 25.2 Å². The average molecular weight is 419 g/mol. The van der Waals surface area contributed by atoms with E-state index in [1.807, 2.05) is 6.07 Å². The van der Waals surface area contributed by atoms with Gasteiger partial charge >= 0.3 is 0 Å². The van der Waals surface area contributed by atoms with Crippen LogP contribution < -0.4 is 5.32 Å². The van der Waals surface area contributed by atoms with Gasteiger partial charge in [0.25, 0.3) is 5.91 Å². The van der Waals surface area contributed by atoms with Gasteiger partial charge in [-0.2, -0.15) is 10.4 Å². The lowest BCUT2D eigenvalue weighted by Crippen LogP contribution is -2.14. The van der Waals surface area contributed by atoms with Crippen LogP contribution in [0.1, 0.15) is 29.4 Å². The molecule has 1 amide bonds. The molecule has 1 atom stereocenters. The van der Waals surface area contributed by atoms with Gasteiger partial charge in [0.05, 0.1) is 34.0 Å². The molecule has 0 unspecified atom stereocenters. The Morgan fingerprint density at radius 2 is 2.11 bits per heavy atom. The van der Waals surface area contributed by atoms with Gasteiger partial charge in [-0.05, 0) is 38.5 Å². The Morgan fingerprint density at radius 1 is 1.39 bits per heavy atom. The Labute approximate surface area is 168 Å². The summed E-state index contributed by atoms with van der Waals surface area (Å²) in [7, 11) is -3.05. The Kier molecular flexibility index (Phi) is 5.59. The monoisotopic (exact) mass is 418 g/mol. The fourth-order valence-corrected chi connectivity index (χ4v) is 5.13. The summed E-state index contributed by atoms with van der Waals surface area (Å²) in [6.07, 6.45) is 1.98. The lowest BCUT2D eigenvalue weighted by Gasteiger charge is -2.11. The van der Waals surface area contributed by atoms with Gasteiger partial charge in [-0.25, -0.2) is 8.42 Å². The average Bonchev–Trinajstić information content (AvgIpc) is 3.14. The van der Waals surface area contributed by atoms with Crippen molar-refractivity contribution in [3.05, 3.63) is 51.8 Å².